The van der Waals surface area contributed by atoms with Crippen LogP contribution in [0.5, 0.6) is 0 Å². The van der Waals surface area contributed by atoms with Gasteiger partial charge in [0.05, 0.1) is 27.7 Å². The molecule has 0 spiro atoms. The second kappa shape index (κ2) is 66.3. The molecule has 0 aliphatic rings. The molecule has 0 bridgehead atoms. The smallest absolute Gasteiger partial charge is 0.306 e. The molecule has 0 N–H and O–H groups in total. The fraction of sp³-hybridized carbons (Fsp3) is 0.564. The van der Waals surface area contributed by atoms with E-state index in [2.05, 4.69) is 208 Å². The van der Waals surface area contributed by atoms with Crippen LogP contribution in [-0.4, -0.2) is 70.0 Å². The summed E-state index contributed by atoms with van der Waals surface area (Å²) >= 11 is 0. The monoisotopic (exact) mass is 1230 g/mol. The molecular weight excluding hydrogens is 1110 g/mol. The maximum atomic E-state index is 12.9. The topological polar surface area (TPSA) is 111 Å². The zero-order valence-electron chi connectivity index (χ0n) is 56.1. The van der Waals surface area contributed by atoms with E-state index in [0.717, 1.165) is 128 Å². The van der Waals surface area contributed by atoms with Crippen LogP contribution in [-0.2, 0) is 32.7 Å². The normalized spacial score (nSPS) is 14.4. The predicted octanol–water partition coefficient (Wildman–Crippen LogP) is 21.9. The molecule has 0 aromatic rings. The van der Waals surface area contributed by atoms with Crippen molar-refractivity contribution in [2.75, 3.05) is 47.5 Å². The van der Waals surface area contributed by atoms with Crippen LogP contribution >= 0.6 is 7.82 Å². The lowest BCUT2D eigenvalue weighted by Gasteiger charge is -2.28. The Hall–Kier alpha value is -5.15. The highest BCUT2D eigenvalue weighted by atomic mass is 31.2. The molecule has 2 unspecified atom stereocenters. The molecule has 0 saturated carbocycles. The van der Waals surface area contributed by atoms with Crippen LogP contribution in [0.1, 0.15) is 232 Å². The van der Waals surface area contributed by atoms with Gasteiger partial charge in [-0.25, -0.2) is 0 Å². The van der Waals surface area contributed by atoms with Crippen LogP contribution in [0, 0.1) is 0 Å². The van der Waals surface area contributed by atoms with Crippen LogP contribution < -0.4 is 4.89 Å². The number of likely N-dealkylation sites (N-methyl/N-ethyl adjacent to an activating group) is 1. The van der Waals surface area contributed by atoms with Gasteiger partial charge in [0.25, 0.3) is 7.82 Å². The lowest BCUT2D eigenvalue weighted by Crippen LogP contribution is -2.37. The summed E-state index contributed by atoms with van der Waals surface area (Å²) in [5.74, 6) is -0.917. The first-order valence-electron chi connectivity index (χ1n) is 34.1. The summed E-state index contributed by atoms with van der Waals surface area (Å²) in [7, 11) is 1.11. The number of phosphoric ester groups is 1. The van der Waals surface area contributed by atoms with Crippen LogP contribution in [0.4, 0.5) is 0 Å². The van der Waals surface area contributed by atoms with E-state index in [1.54, 1.807) is 0 Å². The highest BCUT2D eigenvalue weighted by Crippen LogP contribution is 2.38. The predicted molar refractivity (Wildman–Crippen MR) is 378 cm³/mol. The molecule has 0 rings (SSSR count). The molecule has 0 fully saturated rings. The van der Waals surface area contributed by atoms with Gasteiger partial charge in [0, 0.05) is 12.8 Å². The number of carbonyl (C=O) groups is 2. The number of allylic oxidation sites excluding steroid dienone is 32. The fourth-order valence-electron chi connectivity index (χ4n) is 8.46. The Labute approximate surface area is 539 Å². The summed E-state index contributed by atoms with van der Waals surface area (Å²) in [6.07, 6.45) is 104. The number of unbranched alkanes of at least 4 members (excludes halogenated alkanes) is 14. The minimum absolute atomic E-state index is 0.0501. The van der Waals surface area contributed by atoms with Gasteiger partial charge in [0.1, 0.15) is 19.8 Å². The van der Waals surface area contributed by atoms with E-state index >= 15 is 0 Å². The number of carbonyl (C=O) groups excluding carboxylic acids is 2. The Morgan fingerprint density at radius 1 is 0.352 bits per heavy atom. The van der Waals surface area contributed by atoms with Crippen molar-refractivity contribution in [3.05, 3.63) is 194 Å². The van der Waals surface area contributed by atoms with Crippen LogP contribution in [0.2, 0.25) is 0 Å². The molecule has 0 aliphatic carbocycles. The van der Waals surface area contributed by atoms with E-state index in [1.165, 1.54) is 64.2 Å². The largest absolute Gasteiger partial charge is 0.756 e. The Balaban J connectivity index is 4.15. The van der Waals surface area contributed by atoms with Gasteiger partial charge in [0.2, 0.25) is 0 Å². The number of phosphoric acid groups is 1. The summed E-state index contributed by atoms with van der Waals surface area (Å²) in [5, 5.41) is 0. The average Bonchev–Trinajstić information content (AvgIpc) is 3.58. The molecule has 10 heteroatoms. The minimum atomic E-state index is -4.67. The number of hydrogen-bond acceptors (Lipinski definition) is 8. The van der Waals surface area contributed by atoms with E-state index in [0.29, 0.717) is 23.9 Å². The first-order chi connectivity index (χ1) is 43.0. The molecule has 2 atom stereocenters. The summed E-state index contributed by atoms with van der Waals surface area (Å²) in [5.41, 5.74) is 0. The van der Waals surface area contributed by atoms with Gasteiger partial charge in [-0.3, -0.25) is 14.2 Å². The first kappa shape index (κ1) is 82.8. The number of esters is 2. The van der Waals surface area contributed by atoms with Gasteiger partial charge in [0.15, 0.2) is 6.10 Å². The quantitative estimate of drug-likeness (QED) is 0.0195. The van der Waals surface area contributed by atoms with Gasteiger partial charge in [-0.15, -0.1) is 0 Å². The van der Waals surface area contributed by atoms with E-state index in [-0.39, 0.29) is 26.1 Å². The zero-order valence-corrected chi connectivity index (χ0v) is 57.0. The highest BCUT2D eigenvalue weighted by molar-refractivity contribution is 7.45. The van der Waals surface area contributed by atoms with Gasteiger partial charge in [-0.05, 0) is 135 Å². The zero-order chi connectivity index (χ0) is 64.1. The van der Waals surface area contributed by atoms with Gasteiger partial charge < -0.3 is 27.9 Å². The van der Waals surface area contributed by atoms with Crippen molar-refractivity contribution in [2.24, 2.45) is 0 Å². The Bertz CT molecular complexity index is 2190. The third-order valence-electron chi connectivity index (χ3n) is 13.6. The van der Waals surface area contributed by atoms with Gasteiger partial charge in [-0.2, -0.15) is 0 Å². The molecule has 0 aromatic heterocycles. The highest BCUT2D eigenvalue weighted by Gasteiger charge is 2.22. The lowest BCUT2D eigenvalue weighted by atomic mass is 10.0. The third kappa shape index (κ3) is 69.9. The molecule has 0 heterocycles. The molecule has 494 valence electrons. The number of nitrogens with zero attached hydrogens (tertiary/aromatic N) is 1. The Morgan fingerprint density at radius 2 is 0.625 bits per heavy atom. The molecule has 88 heavy (non-hydrogen) atoms. The van der Waals surface area contributed by atoms with Crippen molar-refractivity contribution in [1.82, 2.24) is 0 Å². The Morgan fingerprint density at radius 3 is 0.943 bits per heavy atom. The van der Waals surface area contributed by atoms with Crippen molar-refractivity contribution in [1.29, 1.82) is 0 Å². The molecule has 0 amide bonds. The lowest BCUT2D eigenvalue weighted by molar-refractivity contribution is -0.870. The molecule has 0 aromatic carbocycles. The van der Waals surface area contributed by atoms with Crippen LogP contribution in [0.3, 0.4) is 0 Å². The van der Waals surface area contributed by atoms with Crippen molar-refractivity contribution in [2.45, 2.75) is 238 Å². The second-order valence-corrected chi connectivity index (χ2v) is 24.5. The average molecular weight is 1230 g/mol. The minimum Gasteiger partial charge on any atom is -0.756 e. The Kier molecular flexibility index (Phi) is 62.4. The van der Waals surface area contributed by atoms with Crippen LogP contribution in [0.25, 0.3) is 0 Å². The molecular formula is C78H124NO8P. The van der Waals surface area contributed by atoms with E-state index in [1.807, 2.05) is 21.1 Å². The van der Waals surface area contributed by atoms with Crippen molar-refractivity contribution < 1.29 is 42.1 Å². The first-order valence-corrected chi connectivity index (χ1v) is 35.6. The molecule has 0 aliphatic heterocycles. The van der Waals surface area contributed by atoms with E-state index in [9.17, 15) is 19.0 Å². The maximum absolute atomic E-state index is 12.9. The second-order valence-electron chi connectivity index (χ2n) is 23.1. The SMILES string of the molecule is CC/C=C\C/C=C\C/C=C\C/C=C\C/C=C\C/C=C\C/C=C\C/C=C\C/C=C\CCCCCCCCCCCCCCCC(=O)OC(COC(=O)CCC/C=C\C/C=C\C/C=C\C/C=C\C/C=C\C/C=C\C/C=C\CC)COP(=O)([O-])OCC[N+](C)(C)C. The molecule has 0 radical (unpaired) electrons. The van der Waals surface area contributed by atoms with E-state index < -0.39 is 32.5 Å². The van der Waals surface area contributed by atoms with E-state index in [4.69, 9.17) is 18.5 Å². The third-order valence-corrected chi connectivity index (χ3v) is 14.6. The van der Waals surface area contributed by atoms with Crippen LogP contribution in [0.15, 0.2) is 194 Å². The number of rotatable bonds is 60. The summed E-state index contributed by atoms with van der Waals surface area (Å²) in [6, 6.07) is 0. The number of quaternary nitrogens is 1. The summed E-state index contributed by atoms with van der Waals surface area (Å²) in [6.45, 7) is 3.92. The van der Waals surface area contributed by atoms with Gasteiger partial charge in [-0.1, -0.05) is 279 Å². The molecule has 0 saturated heterocycles. The van der Waals surface area contributed by atoms with Gasteiger partial charge >= 0.3 is 11.9 Å². The van der Waals surface area contributed by atoms with Crippen molar-refractivity contribution in [3.8, 4) is 0 Å². The molecule has 9 nitrogen and oxygen atoms in total. The standard InChI is InChI=1S/C78H124NO8P/c1-6-8-10-12-14-16-18-20-22-24-26-28-30-31-32-33-34-35-36-37-38-39-40-41-42-43-44-45-46-47-49-51-53-55-57-59-61-63-65-67-69-71-78(81)87-76(75-86-88(82,83)85-73-72-79(3,4)5)74-84-77(80)70-68-66-64-62-60-58-56-54-52-50-48-29-27-25-23-21-19-17-15-13-11-9-7-2/h8-11,14-17,20-23,26-29,31-32,34-35,37-38,40-41,43-44,50,52,56,58,62,64,76H,6-7,12-13,18-19,24-25,30,33,36,39,42,45-49,51,53-55,57,59-61,63,65-75H2,1-5H3/b10-8-,11-9-,16-14-,17-15-,22-20-,23-21-,28-26-,29-27-,32-31-,35-34-,38-37-,41-40-,44-43-,52-50-,58-56-,64-62-. The maximum Gasteiger partial charge on any atom is 0.306 e. The summed E-state index contributed by atoms with van der Waals surface area (Å²) in [4.78, 5) is 38.0. The number of hydrogen-bond donors (Lipinski definition) is 0. The number of ether oxygens (including phenoxy) is 2. The summed E-state index contributed by atoms with van der Waals surface area (Å²) < 4.78 is 34.2. The van der Waals surface area contributed by atoms with Crippen molar-refractivity contribution >= 4 is 19.8 Å². The van der Waals surface area contributed by atoms with Crippen molar-refractivity contribution in [3.63, 3.8) is 0 Å². The fourth-order valence-corrected chi connectivity index (χ4v) is 9.19.